The Morgan fingerprint density at radius 2 is 1.12 bits per heavy atom. The van der Waals surface area contributed by atoms with Gasteiger partial charge in [-0.1, -0.05) is 89.3 Å². The first-order chi connectivity index (χ1) is 16.7. The molecule has 7 heteroatoms. The first-order valence-electron chi connectivity index (χ1n) is 12.4. The van der Waals surface area contributed by atoms with Gasteiger partial charge in [-0.25, -0.2) is 0 Å². The number of unbranched alkanes of at least 4 members (excludes halogenated alkanes) is 1. The van der Waals surface area contributed by atoms with Crippen LogP contribution in [0.25, 0.3) is 0 Å². The Labute approximate surface area is 215 Å². The Morgan fingerprint density at radius 1 is 0.676 bits per heavy atom. The molecule has 0 radical (unpaired) electrons. The van der Waals surface area contributed by atoms with Crippen molar-refractivity contribution in [2.24, 2.45) is 5.73 Å². The Morgan fingerprint density at radius 3 is 1.59 bits per heavy atom. The number of hydrogen-bond acceptors (Lipinski definition) is 5. The van der Waals surface area contributed by atoms with Gasteiger partial charge in [-0.15, -0.1) is 0 Å². The van der Waals surface area contributed by atoms with Crippen LogP contribution in [0.5, 0.6) is 0 Å². The molecule has 0 atom stereocenters. The summed E-state index contributed by atoms with van der Waals surface area (Å²) in [6, 6.07) is 0. The maximum absolute atomic E-state index is 11.8. The van der Waals surface area contributed by atoms with Gasteiger partial charge in [0, 0.05) is 44.0 Å². The standard InChI is InChI=1S/C27H45N3O2S2/c1-2-3-4-5-6-7-8-9-10-11-12-13-14-15-16-17-18-19-26(31)29-22-24-33-34-25-23-30-27(32)20-21-28/h3-4,6-7,9-10,12-13,15-16H,2,5,8,11,14,17-25,28H2,1H3,(H,29,31)(H,30,32). The van der Waals surface area contributed by atoms with Gasteiger partial charge >= 0.3 is 0 Å². The van der Waals surface area contributed by atoms with Gasteiger partial charge in [-0.05, 0) is 44.9 Å². The van der Waals surface area contributed by atoms with E-state index in [-0.39, 0.29) is 11.8 Å². The molecule has 5 nitrogen and oxygen atoms in total. The van der Waals surface area contributed by atoms with Crippen molar-refractivity contribution < 1.29 is 9.59 Å². The molecular formula is C27H45N3O2S2. The van der Waals surface area contributed by atoms with E-state index in [1.165, 1.54) is 0 Å². The van der Waals surface area contributed by atoms with Crippen LogP contribution >= 0.6 is 21.6 Å². The molecule has 0 aromatic carbocycles. The lowest BCUT2D eigenvalue weighted by atomic mass is 10.2. The van der Waals surface area contributed by atoms with Crippen molar-refractivity contribution in [3.8, 4) is 0 Å². The SMILES string of the molecule is CCC=CCC=CCC=CCC=CCC=CCCCC(=O)NCCSSCCNC(=O)CCN. The monoisotopic (exact) mass is 507 g/mol. The summed E-state index contributed by atoms with van der Waals surface area (Å²) < 4.78 is 0. The second-order valence-electron chi connectivity index (χ2n) is 7.48. The van der Waals surface area contributed by atoms with E-state index in [9.17, 15) is 9.59 Å². The molecular weight excluding hydrogens is 462 g/mol. The minimum atomic E-state index is 0.00458. The van der Waals surface area contributed by atoms with E-state index in [0.717, 1.165) is 56.5 Å². The zero-order valence-electron chi connectivity index (χ0n) is 20.9. The molecule has 0 aliphatic heterocycles. The summed E-state index contributed by atoms with van der Waals surface area (Å²) in [5.41, 5.74) is 5.32. The Hall–Kier alpha value is -1.70. The molecule has 0 aromatic heterocycles. The highest BCUT2D eigenvalue weighted by Gasteiger charge is 2.00. The van der Waals surface area contributed by atoms with E-state index in [2.05, 4.69) is 78.3 Å². The average Bonchev–Trinajstić information content (AvgIpc) is 2.83. The summed E-state index contributed by atoms with van der Waals surface area (Å²) in [5.74, 6) is 1.83. The van der Waals surface area contributed by atoms with Crippen molar-refractivity contribution in [3.05, 3.63) is 60.8 Å². The average molecular weight is 508 g/mol. The Bertz CT molecular complexity index is 644. The van der Waals surface area contributed by atoms with Gasteiger partial charge in [0.05, 0.1) is 0 Å². The number of allylic oxidation sites excluding steroid dienone is 10. The Kier molecular flexibility index (Phi) is 26.2. The molecule has 0 aliphatic rings. The van der Waals surface area contributed by atoms with Gasteiger partial charge in [0.15, 0.2) is 0 Å². The van der Waals surface area contributed by atoms with Crippen molar-refractivity contribution >= 4 is 33.4 Å². The molecule has 0 bridgehead atoms. The number of nitrogens with two attached hydrogens (primary N) is 1. The molecule has 4 N–H and O–H groups in total. The molecule has 192 valence electrons. The molecule has 0 unspecified atom stereocenters. The number of carbonyl (C=O) groups excluding carboxylic acids is 2. The fourth-order valence-electron chi connectivity index (χ4n) is 2.64. The number of hydrogen-bond donors (Lipinski definition) is 3. The predicted octanol–water partition coefficient (Wildman–Crippen LogP) is 5.87. The molecule has 0 aromatic rings. The first-order valence-corrected chi connectivity index (χ1v) is 14.9. The van der Waals surface area contributed by atoms with E-state index < -0.39 is 0 Å². The lowest BCUT2D eigenvalue weighted by molar-refractivity contribution is -0.121. The fraction of sp³-hybridized carbons (Fsp3) is 0.556. The van der Waals surface area contributed by atoms with Crippen molar-refractivity contribution in [1.82, 2.24) is 10.6 Å². The summed E-state index contributed by atoms with van der Waals surface area (Å²) in [7, 11) is 3.41. The fourth-order valence-corrected chi connectivity index (χ4v) is 4.45. The molecule has 2 amide bonds. The molecule has 34 heavy (non-hydrogen) atoms. The van der Waals surface area contributed by atoms with E-state index >= 15 is 0 Å². The van der Waals surface area contributed by atoms with Crippen molar-refractivity contribution in [1.29, 1.82) is 0 Å². The van der Waals surface area contributed by atoms with Crippen LogP contribution in [0, 0.1) is 0 Å². The van der Waals surface area contributed by atoms with Gasteiger partial charge in [0.2, 0.25) is 11.8 Å². The third kappa shape index (κ3) is 26.6. The molecule has 0 saturated heterocycles. The summed E-state index contributed by atoms with van der Waals surface area (Å²) in [6.45, 7) is 3.86. The quantitative estimate of drug-likeness (QED) is 0.0969. The second-order valence-corrected chi connectivity index (χ2v) is 10.2. The lowest BCUT2D eigenvalue weighted by Gasteiger charge is -2.05. The highest BCUT2D eigenvalue weighted by atomic mass is 33.1. The molecule has 0 rings (SSSR count). The van der Waals surface area contributed by atoms with Crippen LogP contribution in [-0.2, 0) is 9.59 Å². The number of amides is 2. The smallest absolute Gasteiger partial charge is 0.221 e. The summed E-state index contributed by atoms with van der Waals surface area (Å²) in [5, 5.41) is 5.78. The highest BCUT2D eigenvalue weighted by Crippen LogP contribution is 2.19. The van der Waals surface area contributed by atoms with E-state index in [1.807, 2.05) is 0 Å². The maximum Gasteiger partial charge on any atom is 0.221 e. The molecule has 0 saturated carbocycles. The van der Waals surface area contributed by atoms with Gasteiger partial charge in [-0.2, -0.15) is 0 Å². The Balaban J connectivity index is 3.46. The summed E-state index contributed by atoms with van der Waals surface area (Å²) >= 11 is 0. The number of nitrogens with one attached hydrogen (secondary N) is 2. The summed E-state index contributed by atoms with van der Waals surface area (Å²) in [6.07, 6.45) is 29.7. The van der Waals surface area contributed by atoms with Crippen LogP contribution in [0.4, 0.5) is 0 Å². The summed E-state index contributed by atoms with van der Waals surface area (Å²) in [4.78, 5) is 23.1. The lowest BCUT2D eigenvalue weighted by Crippen LogP contribution is -2.27. The van der Waals surface area contributed by atoms with Crippen molar-refractivity contribution in [2.75, 3.05) is 31.1 Å². The third-order valence-corrected chi connectivity index (χ3v) is 6.81. The normalized spacial score (nSPS) is 12.2. The minimum absolute atomic E-state index is 0.00458. The van der Waals surface area contributed by atoms with Crippen LogP contribution in [0.15, 0.2) is 60.8 Å². The van der Waals surface area contributed by atoms with E-state index in [1.54, 1.807) is 21.6 Å². The minimum Gasteiger partial charge on any atom is -0.355 e. The largest absolute Gasteiger partial charge is 0.355 e. The van der Waals surface area contributed by atoms with Crippen LogP contribution < -0.4 is 16.4 Å². The van der Waals surface area contributed by atoms with Crippen LogP contribution in [0.2, 0.25) is 0 Å². The van der Waals surface area contributed by atoms with Crippen LogP contribution in [-0.4, -0.2) is 43.0 Å². The molecule has 0 heterocycles. The molecule has 0 fully saturated rings. The second kappa shape index (κ2) is 27.5. The molecule has 0 aliphatic carbocycles. The van der Waals surface area contributed by atoms with Crippen LogP contribution in [0.3, 0.4) is 0 Å². The maximum atomic E-state index is 11.8. The first kappa shape index (κ1) is 32.3. The van der Waals surface area contributed by atoms with E-state index in [4.69, 9.17) is 5.73 Å². The molecule has 0 spiro atoms. The van der Waals surface area contributed by atoms with Gasteiger partial charge in [0.25, 0.3) is 0 Å². The zero-order valence-corrected chi connectivity index (χ0v) is 22.5. The topological polar surface area (TPSA) is 84.2 Å². The van der Waals surface area contributed by atoms with Crippen LogP contribution in [0.1, 0.15) is 64.7 Å². The highest BCUT2D eigenvalue weighted by molar-refractivity contribution is 8.76. The van der Waals surface area contributed by atoms with Gasteiger partial charge in [-0.3, -0.25) is 9.59 Å². The number of rotatable bonds is 22. The predicted molar refractivity (Wildman–Crippen MR) is 153 cm³/mol. The van der Waals surface area contributed by atoms with Gasteiger partial charge < -0.3 is 16.4 Å². The number of carbonyl (C=O) groups is 2. The van der Waals surface area contributed by atoms with Gasteiger partial charge in [0.1, 0.15) is 0 Å². The third-order valence-electron chi connectivity index (χ3n) is 4.40. The zero-order chi connectivity index (χ0) is 25.0. The van der Waals surface area contributed by atoms with Crippen molar-refractivity contribution in [2.45, 2.75) is 64.7 Å². The van der Waals surface area contributed by atoms with Crippen molar-refractivity contribution in [3.63, 3.8) is 0 Å². The van der Waals surface area contributed by atoms with E-state index in [0.29, 0.717) is 32.5 Å².